The maximum Gasteiger partial charge on any atom is 0.127 e. The van der Waals surface area contributed by atoms with E-state index in [9.17, 15) is 0 Å². The zero-order chi connectivity index (χ0) is 13.7. The summed E-state index contributed by atoms with van der Waals surface area (Å²) in [5, 5.41) is 4.24. The molecule has 0 aliphatic carbocycles. The van der Waals surface area contributed by atoms with Crippen LogP contribution in [-0.2, 0) is 4.74 Å². The van der Waals surface area contributed by atoms with Crippen molar-refractivity contribution in [3.63, 3.8) is 0 Å². The topological polar surface area (TPSA) is 60.2 Å². The van der Waals surface area contributed by atoms with Crippen LogP contribution in [0.4, 0.5) is 5.82 Å². The van der Waals surface area contributed by atoms with Gasteiger partial charge in [-0.2, -0.15) is 0 Å². The number of rotatable bonds is 6. The molecular formula is C14H17N3OS. The fraction of sp³-hybridized carbons (Fsp3) is 0.286. The molecule has 19 heavy (non-hydrogen) atoms. The fourth-order valence-corrected chi connectivity index (χ4v) is 2.07. The van der Waals surface area contributed by atoms with E-state index in [-0.39, 0.29) is 0 Å². The second kappa shape index (κ2) is 6.45. The number of hydrogen-bond donors (Lipinski definition) is 2. The second-order valence-corrected chi connectivity index (χ2v) is 4.65. The van der Waals surface area contributed by atoms with Crippen LogP contribution in [0.2, 0.25) is 0 Å². The van der Waals surface area contributed by atoms with E-state index in [1.165, 1.54) is 0 Å². The first-order chi connectivity index (χ1) is 9.22. The van der Waals surface area contributed by atoms with Gasteiger partial charge in [-0.25, -0.2) is 4.98 Å². The average Bonchev–Trinajstić information content (AvgIpc) is 2.42. The van der Waals surface area contributed by atoms with E-state index in [2.05, 4.69) is 10.3 Å². The predicted octanol–water partition coefficient (Wildman–Crippen LogP) is 2.32. The first-order valence-corrected chi connectivity index (χ1v) is 6.55. The van der Waals surface area contributed by atoms with Crippen molar-refractivity contribution >= 4 is 33.9 Å². The lowest BCUT2D eigenvalue weighted by Crippen LogP contribution is -2.12. The summed E-state index contributed by atoms with van der Waals surface area (Å²) in [4.78, 5) is 4.94. The van der Waals surface area contributed by atoms with Crippen molar-refractivity contribution in [2.45, 2.75) is 6.42 Å². The Hall–Kier alpha value is -1.72. The van der Waals surface area contributed by atoms with Gasteiger partial charge in [-0.05, 0) is 18.6 Å². The van der Waals surface area contributed by atoms with Gasteiger partial charge in [0.05, 0.1) is 5.52 Å². The third-order valence-corrected chi connectivity index (χ3v) is 3.03. The molecule has 0 amide bonds. The number of fused-ring (bicyclic) bond motifs is 1. The molecule has 0 spiro atoms. The highest BCUT2D eigenvalue weighted by atomic mass is 32.1. The Labute approximate surface area is 118 Å². The summed E-state index contributed by atoms with van der Waals surface area (Å²) < 4.78 is 5.01. The lowest BCUT2D eigenvalue weighted by Gasteiger charge is -2.10. The highest BCUT2D eigenvalue weighted by Crippen LogP contribution is 2.20. The van der Waals surface area contributed by atoms with Gasteiger partial charge in [-0.1, -0.05) is 30.4 Å². The molecule has 0 bridgehead atoms. The number of methoxy groups -OCH3 is 1. The van der Waals surface area contributed by atoms with Gasteiger partial charge >= 0.3 is 0 Å². The number of benzene rings is 1. The SMILES string of the molecule is COCCCNc1cc(C(N)=S)c2ccccc2n1. The molecule has 2 rings (SSSR count). The lowest BCUT2D eigenvalue weighted by atomic mass is 10.1. The molecule has 100 valence electrons. The summed E-state index contributed by atoms with van der Waals surface area (Å²) in [5.41, 5.74) is 7.53. The summed E-state index contributed by atoms with van der Waals surface area (Å²) in [6, 6.07) is 9.74. The molecule has 5 heteroatoms. The van der Waals surface area contributed by atoms with Crippen molar-refractivity contribution in [1.82, 2.24) is 4.98 Å². The summed E-state index contributed by atoms with van der Waals surface area (Å²) in [6.45, 7) is 1.53. The number of nitrogens with two attached hydrogens (primary N) is 1. The van der Waals surface area contributed by atoms with Gasteiger partial charge in [-0.15, -0.1) is 0 Å². The van der Waals surface area contributed by atoms with Crippen LogP contribution in [0.25, 0.3) is 10.9 Å². The van der Waals surface area contributed by atoms with Gasteiger partial charge in [0.15, 0.2) is 0 Å². The minimum absolute atomic E-state index is 0.388. The molecular weight excluding hydrogens is 258 g/mol. The van der Waals surface area contributed by atoms with E-state index >= 15 is 0 Å². The van der Waals surface area contributed by atoms with Crippen LogP contribution in [0, 0.1) is 0 Å². The summed E-state index contributed by atoms with van der Waals surface area (Å²) in [7, 11) is 1.69. The van der Waals surface area contributed by atoms with Gasteiger partial charge in [-0.3, -0.25) is 0 Å². The van der Waals surface area contributed by atoms with Gasteiger partial charge in [0.2, 0.25) is 0 Å². The fourth-order valence-electron chi connectivity index (χ4n) is 1.90. The van der Waals surface area contributed by atoms with Gasteiger partial charge in [0, 0.05) is 31.2 Å². The lowest BCUT2D eigenvalue weighted by molar-refractivity contribution is 0.198. The number of aromatic nitrogens is 1. The van der Waals surface area contributed by atoms with E-state index in [1.807, 2.05) is 30.3 Å². The normalized spacial score (nSPS) is 10.6. The van der Waals surface area contributed by atoms with Crippen molar-refractivity contribution in [3.05, 3.63) is 35.9 Å². The number of thiocarbonyl (C=S) groups is 1. The molecule has 0 aliphatic heterocycles. The van der Waals surface area contributed by atoms with Crippen LogP contribution < -0.4 is 11.1 Å². The van der Waals surface area contributed by atoms with Crippen LogP contribution in [0.3, 0.4) is 0 Å². The quantitative estimate of drug-likeness (QED) is 0.626. The standard InChI is InChI=1S/C14H17N3OS/c1-18-8-4-7-16-13-9-11(14(15)19)10-5-2-3-6-12(10)17-13/h2-3,5-6,9H,4,7-8H2,1H3,(H2,15,19)(H,16,17). The molecule has 4 nitrogen and oxygen atoms in total. The van der Waals surface area contributed by atoms with Crippen LogP contribution in [0.15, 0.2) is 30.3 Å². The van der Waals surface area contributed by atoms with Crippen molar-refractivity contribution in [2.75, 3.05) is 25.6 Å². The molecule has 0 fully saturated rings. The largest absolute Gasteiger partial charge is 0.389 e. The Kier molecular flexibility index (Phi) is 4.65. The minimum Gasteiger partial charge on any atom is -0.389 e. The van der Waals surface area contributed by atoms with E-state index in [1.54, 1.807) is 7.11 Å². The third kappa shape index (κ3) is 3.39. The molecule has 1 heterocycles. The predicted molar refractivity (Wildman–Crippen MR) is 82.6 cm³/mol. The highest BCUT2D eigenvalue weighted by molar-refractivity contribution is 7.80. The van der Waals surface area contributed by atoms with Crippen molar-refractivity contribution in [1.29, 1.82) is 0 Å². The maximum atomic E-state index is 5.78. The van der Waals surface area contributed by atoms with Gasteiger partial charge in [0.25, 0.3) is 0 Å². The van der Waals surface area contributed by atoms with Crippen molar-refractivity contribution < 1.29 is 4.74 Å². The molecule has 1 aromatic heterocycles. The van der Waals surface area contributed by atoms with Crippen LogP contribution in [-0.4, -0.2) is 30.2 Å². The number of nitrogens with one attached hydrogen (secondary N) is 1. The number of pyridine rings is 1. The summed E-state index contributed by atoms with van der Waals surface area (Å²) in [6.07, 6.45) is 0.924. The number of ether oxygens (including phenoxy) is 1. The van der Waals surface area contributed by atoms with Crippen LogP contribution >= 0.6 is 12.2 Å². The smallest absolute Gasteiger partial charge is 0.127 e. The van der Waals surface area contributed by atoms with Gasteiger partial charge in [0.1, 0.15) is 10.8 Å². The summed E-state index contributed by atoms with van der Waals surface area (Å²) in [5.74, 6) is 0.789. The van der Waals surface area contributed by atoms with Gasteiger partial charge < -0.3 is 15.8 Å². The maximum absolute atomic E-state index is 5.78. The van der Waals surface area contributed by atoms with Crippen molar-refractivity contribution in [3.8, 4) is 0 Å². The van der Waals surface area contributed by atoms with E-state index < -0.39 is 0 Å². The Morgan fingerprint density at radius 1 is 1.42 bits per heavy atom. The van der Waals surface area contributed by atoms with Crippen LogP contribution in [0.5, 0.6) is 0 Å². The molecule has 3 N–H and O–H groups in total. The minimum atomic E-state index is 0.388. The number of nitrogens with zero attached hydrogens (tertiary/aromatic N) is 1. The Morgan fingerprint density at radius 2 is 2.21 bits per heavy atom. The Morgan fingerprint density at radius 3 is 2.95 bits per heavy atom. The zero-order valence-corrected chi connectivity index (χ0v) is 11.7. The molecule has 2 aromatic rings. The monoisotopic (exact) mass is 275 g/mol. The van der Waals surface area contributed by atoms with E-state index in [4.69, 9.17) is 22.7 Å². The zero-order valence-electron chi connectivity index (χ0n) is 10.8. The second-order valence-electron chi connectivity index (χ2n) is 4.21. The molecule has 0 radical (unpaired) electrons. The molecule has 1 aromatic carbocycles. The Bertz CT molecular complexity index is 586. The first kappa shape index (κ1) is 13.7. The molecule has 0 atom stereocenters. The van der Waals surface area contributed by atoms with E-state index in [0.717, 1.165) is 41.9 Å². The molecule has 0 unspecified atom stereocenters. The Balaban J connectivity index is 2.27. The third-order valence-electron chi connectivity index (χ3n) is 2.81. The summed E-state index contributed by atoms with van der Waals surface area (Å²) >= 11 is 5.11. The number of anilines is 1. The van der Waals surface area contributed by atoms with Crippen LogP contribution in [0.1, 0.15) is 12.0 Å². The molecule has 0 aliphatic rings. The average molecular weight is 275 g/mol. The number of para-hydroxylation sites is 1. The molecule has 0 saturated carbocycles. The highest BCUT2D eigenvalue weighted by Gasteiger charge is 2.07. The van der Waals surface area contributed by atoms with Crippen molar-refractivity contribution in [2.24, 2.45) is 5.73 Å². The molecule has 0 saturated heterocycles. The first-order valence-electron chi connectivity index (χ1n) is 6.15. The number of hydrogen-bond acceptors (Lipinski definition) is 4. The van der Waals surface area contributed by atoms with E-state index in [0.29, 0.717) is 4.99 Å².